The van der Waals surface area contributed by atoms with Crippen molar-refractivity contribution in [3.05, 3.63) is 0 Å². The van der Waals surface area contributed by atoms with Gasteiger partial charge in [-0.15, -0.1) is 0 Å². The Balaban J connectivity index is 2.48. The van der Waals surface area contributed by atoms with Crippen LogP contribution in [0.4, 0.5) is 0 Å². The first kappa shape index (κ1) is 7.69. The highest BCUT2D eigenvalue weighted by atomic mass is 16.7. The summed E-state index contributed by atoms with van der Waals surface area (Å²) in [7, 11) is 0. The molecule has 1 aliphatic heterocycles. The van der Waals surface area contributed by atoms with Crippen molar-refractivity contribution in [2.45, 2.75) is 32.2 Å². The molecule has 1 aliphatic rings. The van der Waals surface area contributed by atoms with Crippen LogP contribution in [0.3, 0.4) is 0 Å². The molecule has 0 saturated carbocycles. The summed E-state index contributed by atoms with van der Waals surface area (Å²) >= 11 is 0. The summed E-state index contributed by atoms with van der Waals surface area (Å²) < 4.78 is 10.5. The van der Waals surface area contributed by atoms with Crippen LogP contribution in [0.1, 0.15) is 20.3 Å². The Morgan fingerprint density at radius 1 is 1.80 bits per heavy atom. The molecule has 0 spiro atoms. The second-order valence-electron chi connectivity index (χ2n) is 2.59. The molecule has 0 bridgehead atoms. The highest BCUT2D eigenvalue weighted by Crippen LogP contribution is 2.24. The Kier molecular flexibility index (Phi) is 2.06. The van der Waals surface area contributed by atoms with E-state index in [0.717, 1.165) is 12.7 Å². The Morgan fingerprint density at radius 3 is 2.80 bits per heavy atom. The van der Waals surface area contributed by atoms with E-state index in [9.17, 15) is 4.79 Å². The van der Waals surface area contributed by atoms with E-state index < -0.39 is 5.79 Å². The van der Waals surface area contributed by atoms with Crippen LogP contribution in [0, 0.1) is 0 Å². The molecule has 10 heavy (non-hydrogen) atoms. The fraction of sp³-hybridized carbons (Fsp3) is 0.857. The summed E-state index contributed by atoms with van der Waals surface area (Å²) in [5, 5.41) is 0. The van der Waals surface area contributed by atoms with E-state index in [2.05, 4.69) is 0 Å². The average Bonchev–Trinajstić information content (AvgIpc) is 2.33. The van der Waals surface area contributed by atoms with E-state index in [0.29, 0.717) is 6.61 Å². The number of hydrogen-bond donors (Lipinski definition) is 0. The van der Waals surface area contributed by atoms with Gasteiger partial charge in [0.05, 0.1) is 6.61 Å². The predicted octanol–water partition coefficient (Wildman–Crippen LogP) is 0.727. The molecule has 1 heterocycles. The monoisotopic (exact) mass is 144 g/mol. The van der Waals surface area contributed by atoms with Crippen LogP contribution in [0.15, 0.2) is 0 Å². The molecule has 0 N–H and O–H groups in total. The zero-order valence-electron chi connectivity index (χ0n) is 6.29. The molecule has 1 unspecified atom stereocenters. The Bertz CT molecular complexity index is 135. The fourth-order valence-corrected chi connectivity index (χ4v) is 0.899. The van der Waals surface area contributed by atoms with Gasteiger partial charge in [-0.3, -0.25) is 0 Å². The molecule has 1 rings (SSSR count). The van der Waals surface area contributed by atoms with E-state index in [1.165, 1.54) is 0 Å². The van der Waals surface area contributed by atoms with Gasteiger partial charge in [-0.25, -0.2) is 0 Å². The molecule has 0 radical (unpaired) electrons. The second-order valence-corrected chi connectivity index (χ2v) is 2.59. The van der Waals surface area contributed by atoms with E-state index in [1.54, 1.807) is 0 Å². The standard InChI is InChI=1S/C7H12O3/c1-3-7(2)9-5-6(4-8)10-7/h4,6H,3,5H2,1-2H3/t6-,7?/m0/s1. The summed E-state index contributed by atoms with van der Waals surface area (Å²) in [4.78, 5) is 10.2. The fourth-order valence-electron chi connectivity index (χ4n) is 0.899. The molecule has 1 fully saturated rings. The van der Waals surface area contributed by atoms with Crippen LogP contribution in [0.2, 0.25) is 0 Å². The minimum atomic E-state index is -0.522. The maximum Gasteiger partial charge on any atom is 0.166 e. The van der Waals surface area contributed by atoms with Gasteiger partial charge in [0.2, 0.25) is 0 Å². The van der Waals surface area contributed by atoms with E-state index in [1.807, 2.05) is 13.8 Å². The lowest BCUT2D eigenvalue weighted by Crippen LogP contribution is -2.25. The Hall–Kier alpha value is -0.410. The van der Waals surface area contributed by atoms with Gasteiger partial charge in [-0.1, -0.05) is 6.92 Å². The molecule has 0 aromatic heterocycles. The molecule has 0 amide bonds. The van der Waals surface area contributed by atoms with Crippen molar-refractivity contribution >= 4 is 6.29 Å². The third-order valence-electron chi connectivity index (χ3n) is 1.75. The minimum Gasteiger partial charge on any atom is -0.347 e. The summed E-state index contributed by atoms with van der Waals surface area (Å²) in [5.74, 6) is -0.522. The zero-order valence-corrected chi connectivity index (χ0v) is 6.29. The Labute approximate surface area is 60.3 Å². The van der Waals surface area contributed by atoms with Crippen molar-refractivity contribution in [1.82, 2.24) is 0 Å². The van der Waals surface area contributed by atoms with Crippen LogP contribution >= 0.6 is 0 Å². The minimum absolute atomic E-state index is 0.357. The first-order chi connectivity index (χ1) is 4.70. The maximum absolute atomic E-state index is 10.2. The highest BCUT2D eigenvalue weighted by Gasteiger charge is 2.34. The molecule has 0 aromatic carbocycles. The van der Waals surface area contributed by atoms with Gasteiger partial charge in [0.1, 0.15) is 6.10 Å². The maximum atomic E-state index is 10.2. The van der Waals surface area contributed by atoms with Gasteiger partial charge in [0.25, 0.3) is 0 Å². The smallest absolute Gasteiger partial charge is 0.166 e. The molecule has 2 atom stereocenters. The first-order valence-electron chi connectivity index (χ1n) is 3.47. The SMILES string of the molecule is CCC1(C)OC[C@H](C=O)O1. The molecule has 3 nitrogen and oxygen atoms in total. The number of rotatable bonds is 2. The van der Waals surface area contributed by atoms with E-state index in [-0.39, 0.29) is 6.10 Å². The summed E-state index contributed by atoms with van der Waals surface area (Å²) in [5.41, 5.74) is 0. The number of carbonyl (C=O) groups excluding carboxylic acids is 1. The number of carbonyl (C=O) groups is 1. The van der Waals surface area contributed by atoms with Crippen LogP contribution in [0.5, 0.6) is 0 Å². The predicted molar refractivity (Wildman–Crippen MR) is 35.6 cm³/mol. The summed E-state index contributed by atoms with van der Waals surface area (Å²) in [6.07, 6.45) is 1.20. The molecular weight excluding hydrogens is 132 g/mol. The summed E-state index contributed by atoms with van der Waals surface area (Å²) in [6.45, 7) is 4.21. The number of ether oxygens (including phenoxy) is 2. The zero-order chi connectivity index (χ0) is 7.61. The topological polar surface area (TPSA) is 35.5 Å². The molecule has 0 aromatic rings. The molecule has 1 saturated heterocycles. The first-order valence-corrected chi connectivity index (χ1v) is 3.47. The third-order valence-corrected chi connectivity index (χ3v) is 1.75. The Morgan fingerprint density at radius 2 is 2.50 bits per heavy atom. The average molecular weight is 144 g/mol. The van der Waals surface area contributed by atoms with Gasteiger partial charge in [-0.05, 0) is 13.3 Å². The quantitative estimate of drug-likeness (QED) is 0.536. The van der Waals surface area contributed by atoms with Crippen LogP contribution in [-0.4, -0.2) is 24.8 Å². The largest absolute Gasteiger partial charge is 0.347 e. The normalized spacial score (nSPS) is 40.0. The molecule has 3 heteroatoms. The molecule has 58 valence electrons. The van der Waals surface area contributed by atoms with Gasteiger partial charge in [0, 0.05) is 0 Å². The van der Waals surface area contributed by atoms with Crippen molar-refractivity contribution in [3.63, 3.8) is 0 Å². The van der Waals surface area contributed by atoms with Gasteiger partial charge >= 0.3 is 0 Å². The number of hydrogen-bond acceptors (Lipinski definition) is 3. The third kappa shape index (κ3) is 1.36. The van der Waals surface area contributed by atoms with E-state index in [4.69, 9.17) is 9.47 Å². The highest BCUT2D eigenvalue weighted by molar-refractivity contribution is 5.56. The van der Waals surface area contributed by atoms with Crippen molar-refractivity contribution < 1.29 is 14.3 Å². The van der Waals surface area contributed by atoms with Crippen molar-refractivity contribution in [3.8, 4) is 0 Å². The number of aldehydes is 1. The van der Waals surface area contributed by atoms with Crippen LogP contribution < -0.4 is 0 Å². The van der Waals surface area contributed by atoms with Gasteiger partial charge < -0.3 is 14.3 Å². The van der Waals surface area contributed by atoms with Crippen molar-refractivity contribution in [2.24, 2.45) is 0 Å². The lowest BCUT2D eigenvalue weighted by Gasteiger charge is -2.19. The second kappa shape index (κ2) is 2.68. The lowest BCUT2D eigenvalue weighted by molar-refractivity contribution is -0.158. The van der Waals surface area contributed by atoms with Crippen molar-refractivity contribution in [1.29, 1.82) is 0 Å². The van der Waals surface area contributed by atoms with Crippen LogP contribution in [-0.2, 0) is 14.3 Å². The lowest BCUT2D eigenvalue weighted by atomic mass is 10.2. The van der Waals surface area contributed by atoms with E-state index >= 15 is 0 Å². The van der Waals surface area contributed by atoms with Gasteiger partial charge in [0.15, 0.2) is 12.1 Å². The molecular formula is C7H12O3. The van der Waals surface area contributed by atoms with Crippen molar-refractivity contribution in [2.75, 3.05) is 6.61 Å². The summed E-state index contributed by atoms with van der Waals surface area (Å²) in [6, 6.07) is 0. The molecule has 0 aliphatic carbocycles. The van der Waals surface area contributed by atoms with Crippen LogP contribution in [0.25, 0.3) is 0 Å². The van der Waals surface area contributed by atoms with Gasteiger partial charge in [-0.2, -0.15) is 0 Å².